The highest BCUT2D eigenvalue weighted by molar-refractivity contribution is 7.09. The topological polar surface area (TPSA) is 58.6 Å². The van der Waals surface area contributed by atoms with Gasteiger partial charge in [0.05, 0.1) is 26.1 Å². The Bertz CT molecular complexity index is 393. The lowest BCUT2D eigenvalue weighted by molar-refractivity contribution is -0.143. The van der Waals surface area contributed by atoms with Crippen molar-refractivity contribution in [3.05, 3.63) is 22.4 Å². The molecule has 0 aliphatic heterocycles. The standard InChI is InChI=1S/C13H20N2O3S/c1-3-18-13(17)6-7-14-9-12(16)15(2)10-11-5-4-8-19-11/h4-5,8,14H,3,6-7,9-10H2,1-2H3. The summed E-state index contributed by atoms with van der Waals surface area (Å²) in [6, 6.07) is 3.97. The van der Waals surface area contributed by atoms with Crippen LogP contribution in [0.3, 0.4) is 0 Å². The third-order valence-electron chi connectivity index (χ3n) is 2.49. The van der Waals surface area contributed by atoms with Crippen LogP contribution in [0.15, 0.2) is 17.5 Å². The number of thiophene rings is 1. The summed E-state index contributed by atoms with van der Waals surface area (Å²) < 4.78 is 4.79. The van der Waals surface area contributed by atoms with Crippen molar-refractivity contribution in [1.82, 2.24) is 10.2 Å². The van der Waals surface area contributed by atoms with Gasteiger partial charge in [0.1, 0.15) is 0 Å². The fourth-order valence-electron chi connectivity index (χ4n) is 1.48. The largest absolute Gasteiger partial charge is 0.466 e. The van der Waals surface area contributed by atoms with Crippen molar-refractivity contribution >= 4 is 23.2 Å². The zero-order valence-corrected chi connectivity index (χ0v) is 12.2. The van der Waals surface area contributed by atoms with E-state index >= 15 is 0 Å². The van der Waals surface area contributed by atoms with Gasteiger partial charge in [-0.3, -0.25) is 9.59 Å². The third kappa shape index (κ3) is 6.35. The zero-order chi connectivity index (χ0) is 14.1. The summed E-state index contributed by atoms with van der Waals surface area (Å²) >= 11 is 1.63. The summed E-state index contributed by atoms with van der Waals surface area (Å²) in [4.78, 5) is 25.7. The Morgan fingerprint density at radius 1 is 1.47 bits per heavy atom. The van der Waals surface area contributed by atoms with Crippen molar-refractivity contribution in [2.45, 2.75) is 19.9 Å². The minimum atomic E-state index is -0.241. The Balaban J connectivity index is 2.15. The summed E-state index contributed by atoms with van der Waals surface area (Å²) in [6.07, 6.45) is 0.287. The molecule has 0 saturated heterocycles. The minimum absolute atomic E-state index is 0.0114. The Morgan fingerprint density at radius 2 is 2.26 bits per heavy atom. The summed E-state index contributed by atoms with van der Waals surface area (Å²) in [6.45, 7) is 3.48. The number of amides is 1. The van der Waals surface area contributed by atoms with E-state index in [1.165, 1.54) is 0 Å². The van der Waals surface area contributed by atoms with Gasteiger partial charge in [0.15, 0.2) is 0 Å². The van der Waals surface area contributed by atoms with Crippen molar-refractivity contribution in [3.63, 3.8) is 0 Å². The van der Waals surface area contributed by atoms with E-state index in [4.69, 9.17) is 4.74 Å². The van der Waals surface area contributed by atoms with Crippen LogP contribution < -0.4 is 5.32 Å². The molecular weight excluding hydrogens is 264 g/mol. The van der Waals surface area contributed by atoms with Crippen molar-refractivity contribution in [2.24, 2.45) is 0 Å². The maximum Gasteiger partial charge on any atom is 0.307 e. The fourth-order valence-corrected chi connectivity index (χ4v) is 2.24. The van der Waals surface area contributed by atoms with Crippen LogP contribution in [0, 0.1) is 0 Å². The van der Waals surface area contributed by atoms with Crippen LogP contribution in [0.4, 0.5) is 0 Å². The number of rotatable bonds is 8. The normalized spacial score (nSPS) is 10.2. The number of likely N-dealkylation sites (N-methyl/N-ethyl adjacent to an activating group) is 1. The van der Waals surface area contributed by atoms with E-state index in [0.29, 0.717) is 19.7 Å². The first-order valence-corrected chi connectivity index (χ1v) is 7.14. The van der Waals surface area contributed by atoms with Crippen LogP contribution in [0.5, 0.6) is 0 Å². The second kappa shape index (κ2) is 8.66. The Hall–Kier alpha value is -1.40. The minimum Gasteiger partial charge on any atom is -0.466 e. The Kier molecular flexibility index (Phi) is 7.14. The highest BCUT2D eigenvalue weighted by Gasteiger charge is 2.09. The molecule has 1 heterocycles. The first kappa shape index (κ1) is 15.7. The van der Waals surface area contributed by atoms with Crippen LogP contribution in [-0.4, -0.2) is 43.5 Å². The van der Waals surface area contributed by atoms with Crippen molar-refractivity contribution in [1.29, 1.82) is 0 Å². The van der Waals surface area contributed by atoms with Gasteiger partial charge in [-0.15, -0.1) is 11.3 Å². The molecule has 0 unspecified atom stereocenters. The van der Waals surface area contributed by atoms with Gasteiger partial charge >= 0.3 is 5.97 Å². The summed E-state index contributed by atoms with van der Waals surface area (Å²) in [7, 11) is 1.77. The van der Waals surface area contributed by atoms with Gasteiger partial charge in [0.2, 0.25) is 5.91 Å². The monoisotopic (exact) mass is 284 g/mol. The molecule has 106 valence electrons. The lowest BCUT2D eigenvalue weighted by atomic mass is 10.4. The molecule has 0 aromatic carbocycles. The second-order valence-corrected chi connectivity index (χ2v) is 5.09. The molecule has 1 N–H and O–H groups in total. The lowest BCUT2D eigenvalue weighted by Gasteiger charge is -2.16. The highest BCUT2D eigenvalue weighted by Crippen LogP contribution is 2.10. The van der Waals surface area contributed by atoms with E-state index < -0.39 is 0 Å². The van der Waals surface area contributed by atoms with Crippen molar-refractivity contribution < 1.29 is 14.3 Å². The molecule has 0 aliphatic rings. The van der Waals surface area contributed by atoms with Crippen LogP contribution >= 0.6 is 11.3 Å². The number of carbonyl (C=O) groups excluding carboxylic acids is 2. The summed E-state index contributed by atoms with van der Waals surface area (Å²) in [5.41, 5.74) is 0. The maximum absolute atomic E-state index is 11.8. The number of ether oxygens (including phenoxy) is 1. The van der Waals surface area contributed by atoms with Gasteiger partial charge in [-0.25, -0.2) is 0 Å². The first-order valence-electron chi connectivity index (χ1n) is 6.26. The smallest absolute Gasteiger partial charge is 0.307 e. The third-order valence-corrected chi connectivity index (χ3v) is 3.35. The first-order chi connectivity index (χ1) is 9.13. The molecule has 0 bridgehead atoms. The van der Waals surface area contributed by atoms with Gasteiger partial charge in [-0.05, 0) is 18.4 Å². The van der Waals surface area contributed by atoms with Crippen LogP contribution in [0.2, 0.25) is 0 Å². The fraction of sp³-hybridized carbons (Fsp3) is 0.538. The van der Waals surface area contributed by atoms with Gasteiger partial charge in [-0.2, -0.15) is 0 Å². The van der Waals surface area contributed by atoms with E-state index in [1.807, 2.05) is 17.5 Å². The van der Waals surface area contributed by atoms with E-state index in [-0.39, 0.29) is 24.8 Å². The molecule has 0 fully saturated rings. The average Bonchev–Trinajstić information content (AvgIpc) is 2.87. The molecule has 5 nitrogen and oxygen atoms in total. The number of hydrogen-bond donors (Lipinski definition) is 1. The molecular formula is C13H20N2O3S. The van der Waals surface area contributed by atoms with Crippen LogP contribution in [-0.2, 0) is 20.9 Å². The molecule has 6 heteroatoms. The van der Waals surface area contributed by atoms with E-state index in [1.54, 1.807) is 30.2 Å². The molecule has 0 atom stereocenters. The molecule has 1 rings (SSSR count). The lowest BCUT2D eigenvalue weighted by Crippen LogP contribution is -2.35. The molecule has 1 aromatic heterocycles. The van der Waals surface area contributed by atoms with E-state index in [2.05, 4.69) is 5.32 Å². The Labute approximate surface area is 117 Å². The number of hydrogen-bond acceptors (Lipinski definition) is 5. The zero-order valence-electron chi connectivity index (χ0n) is 11.3. The molecule has 1 aromatic rings. The van der Waals surface area contributed by atoms with Crippen LogP contribution in [0.25, 0.3) is 0 Å². The maximum atomic E-state index is 11.8. The van der Waals surface area contributed by atoms with Crippen LogP contribution in [0.1, 0.15) is 18.2 Å². The average molecular weight is 284 g/mol. The quantitative estimate of drug-likeness (QED) is 0.576. The summed E-state index contributed by atoms with van der Waals surface area (Å²) in [5.74, 6) is -0.230. The number of nitrogens with zero attached hydrogens (tertiary/aromatic N) is 1. The van der Waals surface area contributed by atoms with Gasteiger partial charge < -0.3 is 15.0 Å². The molecule has 0 saturated carbocycles. The predicted molar refractivity (Wildman–Crippen MR) is 74.9 cm³/mol. The number of carbonyl (C=O) groups is 2. The van der Waals surface area contributed by atoms with E-state index in [9.17, 15) is 9.59 Å². The van der Waals surface area contributed by atoms with Crippen molar-refractivity contribution in [2.75, 3.05) is 26.7 Å². The van der Waals surface area contributed by atoms with Gasteiger partial charge in [-0.1, -0.05) is 6.07 Å². The highest BCUT2D eigenvalue weighted by atomic mass is 32.1. The number of nitrogens with one attached hydrogen (secondary N) is 1. The predicted octanol–water partition coefficient (Wildman–Crippen LogP) is 1.25. The number of esters is 1. The van der Waals surface area contributed by atoms with Gasteiger partial charge in [0.25, 0.3) is 0 Å². The van der Waals surface area contributed by atoms with Gasteiger partial charge in [0, 0.05) is 18.5 Å². The Morgan fingerprint density at radius 3 is 2.89 bits per heavy atom. The SMILES string of the molecule is CCOC(=O)CCNCC(=O)N(C)Cc1cccs1. The molecule has 0 spiro atoms. The van der Waals surface area contributed by atoms with Crippen molar-refractivity contribution in [3.8, 4) is 0 Å². The molecule has 0 aliphatic carbocycles. The summed E-state index contributed by atoms with van der Waals surface area (Å²) in [5, 5.41) is 4.94. The second-order valence-electron chi connectivity index (χ2n) is 4.06. The molecule has 19 heavy (non-hydrogen) atoms. The molecule has 1 amide bonds. The van der Waals surface area contributed by atoms with E-state index in [0.717, 1.165) is 4.88 Å². The molecule has 0 radical (unpaired) electrons.